The van der Waals surface area contributed by atoms with Gasteiger partial charge in [-0.15, -0.1) is 0 Å². The molecule has 0 fully saturated rings. The van der Waals surface area contributed by atoms with Crippen molar-refractivity contribution < 1.29 is 27.4 Å². The molecule has 196 valence electrons. The average Bonchev–Trinajstić information content (AvgIpc) is 2.94. The maximum absolute atomic E-state index is 13.2. The van der Waals surface area contributed by atoms with Gasteiger partial charge < -0.3 is 19.5 Å². The van der Waals surface area contributed by atoms with Gasteiger partial charge in [-0.2, -0.15) is 0 Å². The molecule has 0 aliphatic carbocycles. The van der Waals surface area contributed by atoms with Gasteiger partial charge in [-0.1, -0.05) is 29.8 Å². The lowest BCUT2D eigenvalue weighted by Gasteiger charge is -2.20. The second-order valence-electron chi connectivity index (χ2n) is 8.05. The smallest absolute Gasteiger partial charge is 0.264 e. The summed E-state index contributed by atoms with van der Waals surface area (Å²) in [6, 6.07) is 24.6. The average molecular weight is 553 g/mol. The summed E-state index contributed by atoms with van der Waals surface area (Å²) in [4.78, 5) is 13.0. The van der Waals surface area contributed by atoms with E-state index in [1.54, 1.807) is 42.5 Å². The Bertz CT molecular complexity index is 1540. The van der Waals surface area contributed by atoms with Gasteiger partial charge >= 0.3 is 0 Å². The summed E-state index contributed by atoms with van der Waals surface area (Å²) in [6.45, 7) is 0. The largest absolute Gasteiger partial charge is 0.493 e. The predicted molar refractivity (Wildman–Crippen MR) is 147 cm³/mol. The first-order valence-electron chi connectivity index (χ1n) is 11.4. The van der Waals surface area contributed by atoms with E-state index < -0.39 is 15.9 Å². The van der Waals surface area contributed by atoms with E-state index in [-0.39, 0.29) is 4.90 Å². The number of hydrogen-bond acceptors (Lipinski definition) is 6. The second-order valence-corrected chi connectivity index (χ2v) is 10.5. The number of halogens is 1. The van der Waals surface area contributed by atoms with Gasteiger partial charge in [0.05, 0.1) is 30.5 Å². The summed E-state index contributed by atoms with van der Waals surface area (Å²) < 4.78 is 43.8. The van der Waals surface area contributed by atoms with E-state index in [4.69, 9.17) is 25.8 Å². The van der Waals surface area contributed by atoms with Crippen LogP contribution in [-0.2, 0) is 10.0 Å². The molecule has 0 saturated heterocycles. The Hall–Kier alpha value is -4.21. The number of benzene rings is 4. The molecule has 4 aromatic rings. The summed E-state index contributed by atoms with van der Waals surface area (Å²) in [7, 11) is 0.429. The van der Waals surface area contributed by atoms with Crippen LogP contribution in [-0.4, -0.2) is 35.6 Å². The molecule has 1 amide bonds. The minimum Gasteiger partial charge on any atom is -0.493 e. The molecule has 8 nitrogen and oxygen atoms in total. The van der Waals surface area contributed by atoms with Crippen molar-refractivity contribution >= 4 is 38.9 Å². The first-order chi connectivity index (χ1) is 18.2. The Morgan fingerprint density at radius 3 is 2.13 bits per heavy atom. The molecule has 38 heavy (non-hydrogen) atoms. The van der Waals surface area contributed by atoms with Crippen LogP contribution < -0.4 is 23.8 Å². The van der Waals surface area contributed by atoms with Crippen molar-refractivity contribution in [3.8, 4) is 23.0 Å². The first-order valence-corrected chi connectivity index (χ1v) is 13.2. The lowest BCUT2D eigenvalue weighted by Crippen LogP contribution is -2.26. The highest BCUT2D eigenvalue weighted by Gasteiger charge is 2.23. The molecule has 0 saturated carbocycles. The molecule has 0 atom stereocenters. The van der Waals surface area contributed by atoms with E-state index in [9.17, 15) is 13.2 Å². The van der Waals surface area contributed by atoms with Crippen LogP contribution in [0.5, 0.6) is 23.0 Å². The summed E-state index contributed by atoms with van der Waals surface area (Å²) in [5.41, 5.74) is 1.08. The molecular formula is C28H25ClN2O6S. The number of nitrogens with one attached hydrogen (secondary N) is 1. The van der Waals surface area contributed by atoms with Crippen molar-refractivity contribution in [1.82, 2.24) is 0 Å². The number of methoxy groups -OCH3 is 2. The fraction of sp³-hybridized carbons (Fsp3) is 0.107. The van der Waals surface area contributed by atoms with E-state index in [1.807, 2.05) is 18.2 Å². The third kappa shape index (κ3) is 5.85. The molecule has 0 unspecified atom stereocenters. The topological polar surface area (TPSA) is 94.2 Å². The van der Waals surface area contributed by atoms with Crippen LogP contribution in [0.1, 0.15) is 10.4 Å². The highest BCUT2D eigenvalue weighted by Crippen LogP contribution is 2.33. The summed E-state index contributed by atoms with van der Waals surface area (Å²) >= 11 is 6.15. The van der Waals surface area contributed by atoms with Crippen molar-refractivity contribution in [2.75, 3.05) is 30.9 Å². The molecule has 0 spiro atoms. The van der Waals surface area contributed by atoms with Crippen molar-refractivity contribution in [3.05, 3.63) is 102 Å². The number of sulfonamides is 1. The van der Waals surface area contributed by atoms with Crippen molar-refractivity contribution in [1.29, 1.82) is 0 Å². The van der Waals surface area contributed by atoms with Crippen LogP contribution in [0.25, 0.3) is 0 Å². The number of hydrogen-bond donors (Lipinski definition) is 1. The third-order valence-corrected chi connectivity index (χ3v) is 7.68. The van der Waals surface area contributed by atoms with Crippen molar-refractivity contribution in [3.63, 3.8) is 0 Å². The van der Waals surface area contributed by atoms with Crippen LogP contribution in [0.4, 0.5) is 11.4 Å². The van der Waals surface area contributed by atoms with Crippen molar-refractivity contribution in [2.45, 2.75) is 4.90 Å². The number of ether oxygens (including phenoxy) is 3. The van der Waals surface area contributed by atoms with Crippen LogP contribution in [0.15, 0.2) is 95.9 Å². The van der Waals surface area contributed by atoms with Gasteiger partial charge in [-0.05, 0) is 66.7 Å². The maximum Gasteiger partial charge on any atom is 0.264 e. The number of amides is 1. The molecular weight excluding hydrogens is 528 g/mol. The second kappa shape index (κ2) is 11.5. The quantitative estimate of drug-likeness (QED) is 0.265. The lowest BCUT2D eigenvalue weighted by atomic mass is 10.2. The highest BCUT2D eigenvalue weighted by molar-refractivity contribution is 7.92. The standard InChI is InChI=1S/C28H25ClN2O6S/c1-31(38(33,34)23-14-16-26(35-2)27(18-23)36-3)21-12-9-19(10-13-21)28(32)30-24-17-20(29)11-15-25(24)37-22-7-5-4-6-8-22/h4-18H,1-3H3,(H,30,32). The number of carbonyl (C=O) groups is 1. The fourth-order valence-corrected chi connectivity index (χ4v) is 4.98. The van der Waals surface area contributed by atoms with Gasteiger partial charge in [0.15, 0.2) is 17.2 Å². The van der Waals surface area contributed by atoms with Crippen LogP contribution in [0.3, 0.4) is 0 Å². The summed E-state index contributed by atoms with van der Waals surface area (Å²) in [6.07, 6.45) is 0. The molecule has 4 aromatic carbocycles. The normalized spacial score (nSPS) is 10.9. The van der Waals surface area contributed by atoms with Gasteiger partial charge in [0.2, 0.25) is 0 Å². The van der Waals surface area contributed by atoms with E-state index in [2.05, 4.69) is 5.32 Å². The molecule has 4 rings (SSSR count). The van der Waals surface area contributed by atoms with Crippen LogP contribution in [0.2, 0.25) is 5.02 Å². The predicted octanol–water partition coefficient (Wildman–Crippen LogP) is 6.23. The SMILES string of the molecule is COc1ccc(S(=O)(=O)N(C)c2ccc(C(=O)Nc3cc(Cl)ccc3Oc3ccccc3)cc2)cc1OC. The van der Waals surface area contributed by atoms with Gasteiger partial charge in [-0.25, -0.2) is 8.42 Å². The highest BCUT2D eigenvalue weighted by atomic mass is 35.5. The molecule has 0 aromatic heterocycles. The van der Waals surface area contributed by atoms with E-state index in [1.165, 1.54) is 51.6 Å². The Morgan fingerprint density at radius 1 is 0.816 bits per heavy atom. The molecule has 0 aliphatic heterocycles. The zero-order chi connectivity index (χ0) is 27.3. The Labute approximate surface area is 226 Å². The molecule has 0 radical (unpaired) electrons. The van der Waals surface area contributed by atoms with E-state index in [0.29, 0.717) is 45.0 Å². The van der Waals surface area contributed by atoms with Crippen LogP contribution >= 0.6 is 11.6 Å². The Morgan fingerprint density at radius 2 is 1.47 bits per heavy atom. The van der Waals surface area contributed by atoms with E-state index in [0.717, 1.165) is 4.31 Å². The number of carbonyl (C=O) groups excluding carboxylic acids is 1. The van der Waals surface area contributed by atoms with Gasteiger partial charge in [0.1, 0.15) is 5.75 Å². The third-order valence-electron chi connectivity index (χ3n) is 5.67. The minimum absolute atomic E-state index is 0.0337. The van der Waals surface area contributed by atoms with Gasteiger partial charge in [0.25, 0.3) is 15.9 Å². The zero-order valence-corrected chi connectivity index (χ0v) is 22.4. The van der Waals surface area contributed by atoms with Gasteiger partial charge in [-0.3, -0.25) is 9.10 Å². The monoisotopic (exact) mass is 552 g/mol. The number of nitrogens with zero attached hydrogens (tertiary/aromatic N) is 1. The molecule has 1 N–H and O–H groups in total. The Kier molecular flexibility index (Phi) is 8.09. The number of para-hydroxylation sites is 1. The fourth-order valence-electron chi connectivity index (χ4n) is 3.60. The summed E-state index contributed by atoms with van der Waals surface area (Å²) in [5.74, 6) is 1.33. The molecule has 0 heterocycles. The zero-order valence-electron chi connectivity index (χ0n) is 20.8. The summed E-state index contributed by atoms with van der Waals surface area (Å²) in [5, 5.41) is 3.24. The lowest BCUT2D eigenvalue weighted by molar-refractivity contribution is 0.102. The molecule has 0 aliphatic rings. The van der Waals surface area contributed by atoms with Crippen molar-refractivity contribution in [2.24, 2.45) is 0 Å². The van der Waals surface area contributed by atoms with Crippen LogP contribution in [0, 0.1) is 0 Å². The maximum atomic E-state index is 13.2. The minimum atomic E-state index is -3.91. The molecule has 0 bridgehead atoms. The number of anilines is 2. The number of rotatable bonds is 9. The van der Waals surface area contributed by atoms with Gasteiger partial charge in [0, 0.05) is 23.7 Å². The first kappa shape index (κ1) is 26.8. The molecule has 10 heteroatoms. The Balaban J connectivity index is 1.53. The van der Waals surface area contributed by atoms with E-state index >= 15 is 0 Å².